The number of aromatic nitrogens is 1. The van der Waals surface area contributed by atoms with Crippen LogP contribution in [0.2, 0.25) is 5.15 Å². The van der Waals surface area contributed by atoms with Crippen molar-refractivity contribution in [3.05, 3.63) is 41.2 Å². The highest BCUT2D eigenvalue weighted by Gasteiger charge is 2.01. The Morgan fingerprint density at radius 1 is 1.29 bits per heavy atom. The number of carbonyl (C=O) groups is 1. The maximum Gasteiger partial charge on any atom is 0.159 e. The number of rotatable bonds is 1. The van der Waals surface area contributed by atoms with Crippen LogP contribution >= 0.6 is 11.6 Å². The van der Waals surface area contributed by atoms with Gasteiger partial charge in [0.15, 0.2) is 5.78 Å². The average molecular weight is 206 g/mol. The number of Topliss-reactive ketones (excluding diaryl/α,β-unsaturated/α-hetero) is 1. The van der Waals surface area contributed by atoms with Crippen LogP contribution < -0.4 is 0 Å². The molecule has 0 aliphatic heterocycles. The Kier molecular flexibility index (Phi) is 2.22. The first-order valence-corrected chi connectivity index (χ1v) is 4.61. The van der Waals surface area contributed by atoms with E-state index in [1.165, 1.54) is 0 Å². The summed E-state index contributed by atoms with van der Waals surface area (Å²) in [5.74, 6) is 0.0554. The summed E-state index contributed by atoms with van der Waals surface area (Å²) in [6.45, 7) is 1.55. The van der Waals surface area contributed by atoms with Gasteiger partial charge in [0.2, 0.25) is 0 Å². The molecule has 0 atom stereocenters. The largest absolute Gasteiger partial charge is 0.295 e. The van der Waals surface area contributed by atoms with Gasteiger partial charge in [-0.15, -0.1) is 0 Å². The van der Waals surface area contributed by atoms with E-state index < -0.39 is 0 Å². The molecule has 2 nitrogen and oxygen atoms in total. The van der Waals surface area contributed by atoms with Crippen LogP contribution in [0.5, 0.6) is 0 Å². The fraction of sp³-hybridized carbons (Fsp3) is 0.0909. The van der Waals surface area contributed by atoms with E-state index in [0.717, 1.165) is 10.8 Å². The van der Waals surface area contributed by atoms with Crippen LogP contribution in [0.1, 0.15) is 17.3 Å². The molecule has 0 saturated heterocycles. The van der Waals surface area contributed by atoms with Crippen LogP contribution in [-0.4, -0.2) is 10.8 Å². The van der Waals surface area contributed by atoms with Crippen molar-refractivity contribution >= 4 is 28.2 Å². The van der Waals surface area contributed by atoms with E-state index in [2.05, 4.69) is 4.98 Å². The summed E-state index contributed by atoms with van der Waals surface area (Å²) in [5.41, 5.74) is 0.694. The predicted octanol–water partition coefficient (Wildman–Crippen LogP) is 3.09. The Morgan fingerprint density at radius 3 is 2.79 bits per heavy atom. The number of hydrogen-bond acceptors (Lipinski definition) is 2. The van der Waals surface area contributed by atoms with Gasteiger partial charge in [0.1, 0.15) is 5.15 Å². The molecule has 0 saturated carbocycles. The maximum atomic E-state index is 11.1. The normalized spacial score (nSPS) is 10.4. The molecule has 0 unspecified atom stereocenters. The number of ketones is 1. The van der Waals surface area contributed by atoms with Gasteiger partial charge in [0.05, 0.1) is 0 Å². The SMILES string of the molecule is CC(=O)c1ccc2cnc(Cl)cc2c1. The zero-order valence-corrected chi connectivity index (χ0v) is 8.38. The number of pyridine rings is 1. The number of nitrogens with zero attached hydrogens (tertiary/aromatic N) is 1. The molecule has 0 amide bonds. The third-order valence-corrected chi connectivity index (χ3v) is 2.30. The lowest BCUT2D eigenvalue weighted by atomic mass is 10.1. The standard InChI is InChI=1S/C11H8ClNO/c1-7(14)8-2-3-9-6-13-11(12)5-10(9)4-8/h2-6H,1H3. The van der Waals surface area contributed by atoms with Crippen LogP contribution in [0.3, 0.4) is 0 Å². The van der Waals surface area contributed by atoms with E-state index in [-0.39, 0.29) is 5.78 Å². The van der Waals surface area contributed by atoms with Gasteiger partial charge in [-0.2, -0.15) is 0 Å². The van der Waals surface area contributed by atoms with Gasteiger partial charge in [-0.25, -0.2) is 4.98 Å². The van der Waals surface area contributed by atoms with Gasteiger partial charge < -0.3 is 0 Å². The van der Waals surface area contributed by atoms with E-state index in [9.17, 15) is 4.79 Å². The third-order valence-electron chi connectivity index (χ3n) is 2.09. The highest BCUT2D eigenvalue weighted by molar-refractivity contribution is 6.30. The Labute approximate surface area is 86.5 Å². The van der Waals surface area contributed by atoms with Crippen LogP contribution in [-0.2, 0) is 0 Å². The molecule has 2 aromatic rings. The van der Waals surface area contributed by atoms with Crippen molar-refractivity contribution in [1.29, 1.82) is 0 Å². The zero-order chi connectivity index (χ0) is 10.1. The van der Waals surface area contributed by atoms with E-state index in [4.69, 9.17) is 11.6 Å². The topological polar surface area (TPSA) is 30.0 Å². The first kappa shape index (κ1) is 9.16. The predicted molar refractivity (Wildman–Crippen MR) is 56.8 cm³/mol. The summed E-state index contributed by atoms with van der Waals surface area (Å²) in [4.78, 5) is 15.1. The molecule has 0 N–H and O–H groups in total. The van der Waals surface area contributed by atoms with Gasteiger partial charge >= 0.3 is 0 Å². The molecule has 14 heavy (non-hydrogen) atoms. The first-order valence-electron chi connectivity index (χ1n) is 4.23. The number of hydrogen-bond donors (Lipinski definition) is 0. The maximum absolute atomic E-state index is 11.1. The van der Waals surface area contributed by atoms with Crippen LogP contribution in [0.4, 0.5) is 0 Å². The molecular weight excluding hydrogens is 198 g/mol. The van der Waals surface area contributed by atoms with Gasteiger partial charge in [-0.3, -0.25) is 4.79 Å². The minimum Gasteiger partial charge on any atom is -0.295 e. The molecule has 1 aromatic heterocycles. The molecule has 0 aliphatic carbocycles. The summed E-state index contributed by atoms with van der Waals surface area (Å²) < 4.78 is 0. The molecular formula is C11H8ClNO. The second kappa shape index (κ2) is 3.39. The summed E-state index contributed by atoms with van der Waals surface area (Å²) in [5, 5.41) is 2.37. The number of benzene rings is 1. The third kappa shape index (κ3) is 1.61. The van der Waals surface area contributed by atoms with Gasteiger partial charge in [0.25, 0.3) is 0 Å². The zero-order valence-electron chi connectivity index (χ0n) is 7.62. The molecule has 0 radical (unpaired) electrons. The van der Waals surface area contributed by atoms with Crippen molar-refractivity contribution in [3.8, 4) is 0 Å². The minimum atomic E-state index is 0.0554. The first-order chi connectivity index (χ1) is 6.66. The lowest BCUT2D eigenvalue weighted by Gasteiger charge is -2.00. The Hall–Kier alpha value is -1.41. The smallest absolute Gasteiger partial charge is 0.159 e. The molecule has 1 heterocycles. The summed E-state index contributed by atoms with van der Waals surface area (Å²) in [6.07, 6.45) is 1.70. The van der Waals surface area contributed by atoms with E-state index in [1.54, 1.807) is 25.3 Å². The number of fused-ring (bicyclic) bond motifs is 1. The van der Waals surface area contributed by atoms with Gasteiger partial charge in [-0.05, 0) is 24.4 Å². The second-order valence-corrected chi connectivity index (χ2v) is 3.51. The fourth-order valence-corrected chi connectivity index (χ4v) is 1.50. The molecule has 0 spiro atoms. The molecule has 0 aliphatic rings. The lowest BCUT2D eigenvalue weighted by Crippen LogP contribution is -1.91. The summed E-state index contributed by atoms with van der Waals surface area (Å²) in [6, 6.07) is 7.24. The van der Waals surface area contributed by atoms with Crippen LogP contribution in [0, 0.1) is 0 Å². The molecule has 0 fully saturated rings. The summed E-state index contributed by atoms with van der Waals surface area (Å²) in [7, 11) is 0. The minimum absolute atomic E-state index is 0.0554. The van der Waals surface area contributed by atoms with Crippen molar-refractivity contribution in [1.82, 2.24) is 4.98 Å². The second-order valence-electron chi connectivity index (χ2n) is 3.13. The monoisotopic (exact) mass is 205 g/mol. The van der Waals surface area contributed by atoms with E-state index in [0.29, 0.717) is 10.7 Å². The Morgan fingerprint density at radius 2 is 2.07 bits per heavy atom. The number of carbonyl (C=O) groups excluding carboxylic acids is 1. The Bertz CT molecular complexity index is 508. The van der Waals surface area contributed by atoms with Crippen molar-refractivity contribution in [2.45, 2.75) is 6.92 Å². The number of halogens is 1. The van der Waals surface area contributed by atoms with Crippen LogP contribution in [0.15, 0.2) is 30.5 Å². The fourth-order valence-electron chi connectivity index (χ4n) is 1.33. The van der Waals surface area contributed by atoms with Gasteiger partial charge in [0, 0.05) is 17.1 Å². The van der Waals surface area contributed by atoms with Crippen molar-refractivity contribution < 1.29 is 4.79 Å². The van der Waals surface area contributed by atoms with Crippen molar-refractivity contribution in [3.63, 3.8) is 0 Å². The van der Waals surface area contributed by atoms with E-state index >= 15 is 0 Å². The van der Waals surface area contributed by atoms with Crippen molar-refractivity contribution in [2.24, 2.45) is 0 Å². The lowest BCUT2D eigenvalue weighted by molar-refractivity contribution is 0.101. The molecule has 2 rings (SSSR count). The quantitative estimate of drug-likeness (QED) is 0.529. The molecule has 0 bridgehead atoms. The highest BCUT2D eigenvalue weighted by Crippen LogP contribution is 2.18. The van der Waals surface area contributed by atoms with Crippen LogP contribution in [0.25, 0.3) is 10.8 Å². The van der Waals surface area contributed by atoms with Gasteiger partial charge in [-0.1, -0.05) is 23.7 Å². The highest BCUT2D eigenvalue weighted by atomic mass is 35.5. The van der Waals surface area contributed by atoms with E-state index in [1.807, 2.05) is 12.1 Å². The summed E-state index contributed by atoms with van der Waals surface area (Å²) >= 11 is 5.75. The Balaban J connectivity index is 2.69. The van der Waals surface area contributed by atoms with Crippen molar-refractivity contribution in [2.75, 3.05) is 0 Å². The molecule has 70 valence electrons. The average Bonchev–Trinajstić information content (AvgIpc) is 2.16. The molecule has 1 aromatic carbocycles. The molecule has 3 heteroatoms.